The van der Waals surface area contributed by atoms with Crippen LogP contribution in [0.25, 0.3) is 0 Å². The van der Waals surface area contributed by atoms with E-state index in [0.717, 1.165) is 17.5 Å². The molecule has 1 N–H and O–H groups in total. The van der Waals surface area contributed by atoms with Crippen LogP contribution >= 0.6 is 0 Å². The summed E-state index contributed by atoms with van der Waals surface area (Å²) in [5.41, 5.74) is 1.74. The average molecular weight is 224 g/mol. The van der Waals surface area contributed by atoms with Gasteiger partial charge in [-0.2, -0.15) is 0 Å². The van der Waals surface area contributed by atoms with Crippen LogP contribution in [0.4, 0.5) is 4.39 Å². The van der Waals surface area contributed by atoms with Gasteiger partial charge in [-0.25, -0.2) is 4.39 Å². The Morgan fingerprint density at radius 1 is 1.50 bits per heavy atom. The van der Waals surface area contributed by atoms with Crippen LogP contribution in [-0.4, -0.2) is 11.1 Å². The van der Waals surface area contributed by atoms with Crippen molar-refractivity contribution < 1.29 is 14.3 Å². The number of carboxylic acids is 1. The van der Waals surface area contributed by atoms with Gasteiger partial charge in [0.1, 0.15) is 5.82 Å². The highest BCUT2D eigenvalue weighted by Gasteiger charge is 2.17. The molecule has 1 atom stereocenters. The van der Waals surface area contributed by atoms with E-state index in [1.165, 1.54) is 12.1 Å². The van der Waals surface area contributed by atoms with Gasteiger partial charge in [0.25, 0.3) is 0 Å². The van der Waals surface area contributed by atoms with E-state index < -0.39 is 5.97 Å². The SMILES string of the molecule is CCCC(Cc1ccc(F)cc1C)C(=O)O. The highest BCUT2D eigenvalue weighted by atomic mass is 19.1. The molecular weight excluding hydrogens is 207 g/mol. The molecule has 0 aliphatic rings. The minimum absolute atomic E-state index is 0.274. The molecule has 0 heterocycles. The molecule has 0 aliphatic carbocycles. The maximum absolute atomic E-state index is 12.9. The van der Waals surface area contributed by atoms with Crippen LogP contribution in [0.15, 0.2) is 18.2 Å². The van der Waals surface area contributed by atoms with Crippen molar-refractivity contribution in [2.24, 2.45) is 5.92 Å². The molecule has 1 aromatic rings. The number of rotatable bonds is 5. The number of carboxylic acid groups (broad SMARTS) is 1. The van der Waals surface area contributed by atoms with E-state index in [2.05, 4.69) is 0 Å². The third-order valence-electron chi connectivity index (χ3n) is 2.76. The second-order valence-electron chi connectivity index (χ2n) is 4.10. The minimum Gasteiger partial charge on any atom is -0.481 e. The number of halogens is 1. The third-order valence-corrected chi connectivity index (χ3v) is 2.76. The number of hydrogen-bond acceptors (Lipinski definition) is 1. The highest BCUT2D eigenvalue weighted by molar-refractivity contribution is 5.70. The van der Waals surface area contributed by atoms with Gasteiger partial charge in [-0.1, -0.05) is 19.4 Å². The smallest absolute Gasteiger partial charge is 0.306 e. The summed E-state index contributed by atoms with van der Waals surface area (Å²) in [7, 11) is 0. The largest absolute Gasteiger partial charge is 0.481 e. The van der Waals surface area contributed by atoms with Crippen molar-refractivity contribution in [2.75, 3.05) is 0 Å². The lowest BCUT2D eigenvalue weighted by Crippen LogP contribution is -2.16. The predicted octanol–water partition coefficient (Wildman–Crippen LogP) is 3.18. The van der Waals surface area contributed by atoms with E-state index >= 15 is 0 Å². The Bertz CT molecular complexity index is 374. The van der Waals surface area contributed by atoms with E-state index in [4.69, 9.17) is 5.11 Å². The summed E-state index contributed by atoms with van der Waals surface area (Å²) < 4.78 is 12.9. The quantitative estimate of drug-likeness (QED) is 0.834. The van der Waals surface area contributed by atoms with Crippen LogP contribution in [0.1, 0.15) is 30.9 Å². The summed E-state index contributed by atoms with van der Waals surface area (Å²) in [6.07, 6.45) is 1.98. The molecular formula is C13H17FO2. The zero-order valence-corrected chi connectivity index (χ0v) is 9.66. The van der Waals surface area contributed by atoms with Gasteiger partial charge in [-0.05, 0) is 43.0 Å². The predicted molar refractivity (Wildman–Crippen MR) is 60.9 cm³/mol. The van der Waals surface area contributed by atoms with Crippen LogP contribution in [0, 0.1) is 18.7 Å². The molecule has 0 saturated heterocycles. The summed E-state index contributed by atoms with van der Waals surface area (Å²) in [4.78, 5) is 11.0. The standard InChI is InChI=1S/C13H17FO2/c1-3-4-11(13(15)16)8-10-5-6-12(14)7-9(10)2/h5-7,11H,3-4,8H2,1-2H3,(H,15,16). The van der Waals surface area contributed by atoms with Gasteiger partial charge >= 0.3 is 5.97 Å². The van der Waals surface area contributed by atoms with Gasteiger partial charge < -0.3 is 5.11 Å². The first-order valence-electron chi connectivity index (χ1n) is 5.52. The lowest BCUT2D eigenvalue weighted by atomic mass is 9.93. The summed E-state index contributed by atoms with van der Waals surface area (Å²) in [6, 6.07) is 4.50. The normalized spacial score (nSPS) is 12.4. The fourth-order valence-corrected chi connectivity index (χ4v) is 1.82. The molecule has 0 aliphatic heterocycles. The zero-order valence-electron chi connectivity index (χ0n) is 9.66. The molecule has 0 radical (unpaired) electrons. The van der Waals surface area contributed by atoms with Gasteiger partial charge in [-0.3, -0.25) is 4.79 Å². The van der Waals surface area contributed by atoms with E-state index in [0.29, 0.717) is 12.8 Å². The van der Waals surface area contributed by atoms with E-state index in [-0.39, 0.29) is 11.7 Å². The number of carbonyl (C=O) groups is 1. The molecule has 2 nitrogen and oxygen atoms in total. The summed E-state index contributed by atoms with van der Waals surface area (Å²) in [5, 5.41) is 9.04. The molecule has 0 bridgehead atoms. The minimum atomic E-state index is -0.773. The Balaban J connectivity index is 2.81. The monoisotopic (exact) mass is 224 g/mol. The molecule has 16 heavy (non-hydrogen) atoms. The Labute approximate surface area is 95.1 Å². The second kappa shape index (κ2) is 5.64. The summed E-state index contributed by atoms with van der Waals surface area (Å²) in [5.74, 6) is -1.41. The van der Waals surface area contributed by atoms with Crippen molar-refractivity contribution in [1.82, 2.24) is 0 Å². The Hall–Kier alpha value is -1.38. The molecule has 0 aromatic heterocycles. The Kier molecular flexibility index (Phi) is 4.47. The summed E-state index contributed by atoms with van der Waals surface area (Å²) >= 11 is 0. The molecule has 3 heteroatoms. The van der Waals surface area contributed by atoms with Crippen LogP contribution in [-0.2, 0) is 11.2 Å². The molecule has 1 aromatic carbocycles. The number of hydrogen-bond donors (Lipinski definition) is 1. The van der Waals surface area contributed by atoms with Crippen LogP contribution in [0.2, 0.25) is 0 Å². The number of aliphatic carboxylic acids is 1. The zero-order chi connectivity index (χ0) is 12.1. The van der Waals surface area contributed by atoms with Gasteiger partial charge in [0, 0.05) is 0 Å². The fourth-order valence-electron chi connectivity index (χ4n) is 1.82. The number of aryl methyl sites for hydroxylation is 1. The van der Waals surface area contributed by atoms with Gasteiger partial charge in [-0.15, -0.1) is 0 Å². The first-order chi connectivity index (χ1) is 7.54. The van der Waals surface area contributed by atoms with E-state index in [1.807, 2.05) is 13.8 Å². The molecule has 1 rings (SSSR count). The highest BCUT2D eigenvalue weighted by Crippen LogP contribution is 2.18. The Morgan fingerprint density at radius 2 is 2.19 bits per heavy atom. The molecule has 0 spiro atoms. The van der Waals surface area contributed by atoms with Crippen molar-refractivity contribution in [3.05, 3.63) is 35.1 Å². The second-order valence-corrected chi connectivity index (χ2v) is 4.10. The van der Waals surface area contributed by atoms with Crippen LogP contribution in [0.5, 0.6) is 0 Å². The lowest BCUT2D eigenvalue weighted by molar-refractivity contribution is -0.141. The Morgan fingerprint density at radius 3 is 2.69 bits per heavy atom. The van der Waals surface area contributed by atoms with Crippen molar-refractivity contribution in [2.45, 2.75) is 33.1 Å². The fraction of sp³-hybridized carbons (Fsp3) is 0.462. The van der Waals surface area contributed by atoms with Crippen LogP contribution in [0.3, 0.4) is 0 Å². The maximum atomic E-state index is 12.9. The average Bonchev–Trinajstić information content (AvgIpc) is 2.20. The van der Waals surface area contributed by atoms with Crippen molar-refractivity contribution in [3.63, 3.8) is 0 Å². The molecule has 0 fully saturated rings. The van der Waals surface area contributed by atoms with Gasteiger partial charge in [0.05, 0.1) is 5.92 Å². The lowest BCUT2D eigenvalue weighted by Gasteiger charge is -2.13. The van der Waals surface area contributed by atoms with Gasteiger partial charge in [0.15, 0.2) is 0 Å². The van der Waals surface area contributed by atoms with Crippen molar-refractivity contribution in [1.29, 1.82) is 0 Å². The first-order valence-corrected chi connectivity index (χ1v) is 5.52. The van der Waals surface area contributed by atoms with Gasteiger partial charge in [0.2, 0.25) is 0 Å². The topological polar surface area (TPSA) is 37.3 Å². The van der Waals surface area contributed by atoms with Crippen molar-refractivity contribution >= 4 is 5.97 Å². The molecule has 0 saturated carbocycles. The molecule has 0 amide bonds. The van der Waals surface area contributed by atoms with E-state index in [9.17, 15) is 9.18 Å². The van der Waals surface area contributed by atoms with Crippen molar-refractivity contribution in [3.8, 4) is 0 Å². The van der Waals surface area contributed by atoms with E-state index in [1.54, 1.807) is 6.07 Å². The molecule has 1 unspecified atom stereocenters. The van der Waals surface area contributed by atoms with Crippen LogP contribution < -0.4 is 0 Å². The summed E-state index contributed by atoms with van der Waals surface area (Å²) in [6.45, 7) is 3.77. The number of benzene rings is 1. The third kappa shape index (κ3) is 3.33. The first kappa shape index (κ1) is 12.7. The molecule has 88 valence electrons. The maximum Gasteiger partial charge on any atom is 0.306 e.